The summed E-state index contributed by atoms with van der Waals surface area (Å²) in [6.07, 6.45) is 15.8. The molecule has 0 unspecified atom stereocenters. The SMILES string of the molecule is CNC1(C)CCCCCCCCCCC1. The Balaban J connectivity index is 2.32. The van der Waals surface area contributed by atoms with Crippen LogP contribution in [0.15, 0.2) is 0 Å². The summed E-state index contributed by atoms with van der Waals surface area (Å²) in [5.74, 6) is 0. The summed E-state index contributed by atoms with van der Waals surface area (Å²) in [7, 11) is 2.13. The molecule has 1 N–H and O–H groups in total. The van der Waals surface area contributed by atoms with E-state index in [1.807, 2.05) is 0 Å². The Morgan fingerprint density at radius 3 is 1.33 bits per heavy atom. The van der Waals surface area contributed by atoms with Gasteiger partial charge in [0, 0.05) is 5.54 Å². The number of nitrogens with one attached hydrogen (secondary N) is 1. The van der Waals surface area contributed by atoms with Gasteiger partial charge in [-0.2, -0.15) is 0 Å². The van der Waals surface area contributed by atoms with E-state index in [4.69, 9.17) is 0 Å². The third kappa shape index (κ3) is 5.55. The highest BCUT2D eigenvalue weighted by atomic mass is 14.9. The van der Waals surface area contributed by atoms with E-state index in [0.29, 0.717) is 5.54 Å². The number of rotatable bonds is 1. The molecule has 15 heavy (non-hydrogen) atoms. The number of hydrogen-bond donors (Lipinski definition) is 1. The van der Waals surface area contributed by atoms with Gasteiger partial charge in [0.15, 0.2) is 0 Å². The van der Waals surface area contributed by atoms with Crippen molar-refractivity contribution in [2.75, 3.05) is 7.05 Å². The Morgan fingerprint density at radius 1 is 0.667 bits per heavy atom. The molecule has 1 fully saturated rings. The van der Waals surface area contributed by atoms with Crippen molar-refractivity contribution < 1.29 is 0 Å². The molecule has 0 aromatic heterocycles. The topological polar surface area (TPSA) is 12.0 Å². The molecule has 0 atom stereocenters. The Labute approximate surface area is 96.0 Å². The second kappa shape index (κ2) is 7.27. The molecule has 1 aliphatic rings. The van der Waals surface area contributed by atoms with Gasteiger partial charge in [-0.1, -0.05) is 57.8 Å². The van der Waals surface area contributed by atoms with E-state index in [2.05, 4.69) is 19.3 Å². The van der Waals surface area contributed by atoms with Crippen LogP contribution in [0.3, 0.4) is 0 Å². The first kappa shape index (κ1) is 13.0. The Morgan fingerprint density at radius 2 is 1.00 bits per heavy atom. The summed E-state index contributed by atoms with van der Waals surface area (Å²) in [6, 6.07) is 0. The number of hydrogen-bond acceptors (Lipinski definition) is 1. The van der Waals surface area contributed by atoms with Gasteiger partial charge in [-0.15, -0.1) is 0 Å². The maximum absolute atomic E-state index is 3.53. The molecule has 0 heterocycles. The lowest BCUT2D eigenvalue weighted by atomic mass is 9.87. The molecule has 0 amide bonds. The molecule has 90 valence electrons. The van der Waals surface area contributed by atoms with Crippen LogP contribution < -0.4 is 5.32 Å². The fourth-order valence-electron chi connectivity index (χ4n) is 2.64. The molecule has 1 aliphatic carbocycles. The zero-order valence-corrected chi connectivity index (χ0v) is 10.8. The molecular formula is C14H29N. The van der Waals surface area contributed by atoms with Crippen LogP contribution in [-0.4, -0.2) is 12.6 Å². The summed E-state index contributed by atoms with van der Waals surface area (Å²) in [5.41, 5.74) is 0.416. The van der Waals surface area contributed by atoms with Gasteiger partial charge in [0.25, 0.3) is 0 Å². The zero-order valence-electron chi connectivity index (χ0n) is 10.8. The largest absolute Gasteiger partial charge is 0.315 e. The van der Waals surface area contributed by atoms with Gasteiger partial charge in [-0.3, -0.25) is 0 Å². The van der Waals surface area contributed by atoms with Gasteiger partial charge in [-0.25, -0.2) is 0 Å². The van der Waals surface area contributed by atoms with Crippen molar-refractivity contribution in [2.45, 2.75) is 83.1 Å². The minimum atomic E-state index is 0.416. The Kier molecular flexibility index (Phi) is 6.31. The predicted molar refractivity (Wildman–Crippen MR) is 68.3 cm³/mol. The zero-order chi connectivity index (χ0) is 11.0. The van der Waals surface area contributed by atoms with Crippen LogP contribution in [0.5, 0.6) is 0 Å². The van der Waals surface area contributed by atoms with Crippen molar-refractivity contribution in [1.82, 2.24) is 5.32 Å². The predicted octanol–water partition coefficient (Wildman–Crippen LogP) is 4.27. The summed E-state index contributed by atoms with van der Waals surface area (Å²) < 4.78 is 0. The molecule has 1 heteroatoms. The van der Waals surface area contributed by atoms with Gasteiger partial charge in [0.1, 0.15) is 0 Å². The minimum Gasteiger partial charge on any atom is -0.315 e. The van der Waals surface area contributed by atoms with Gasteiger partial charge < -0.3 is 5.32 Å². The highest BCUT2D eigenvalue weighted by Gasteiger charge is 2.20. The summed E-state index contributed by atoms with van der Waals surface area (Å²) in [5, 5.41) is 3.53. The molecule has 0 bridgehead atoms. The van der Waals surface area contributed by atoms with E-state index >= 15 is 0 Å². The molecule has 0 spiro atoms. The second-order valence-corrected chi connectivity index (χ2v) is 5.49. The molecule has 0 aromatic carbocycles. The molecule has 0 aliphatic heterocycles. The lowest BCUT2D eigenvalue weighted by Gasteiger charge is -2.30. The van der Waals surface area contributed by atoms with Crippen LogP contribution in [0, 0.1) is 0 Å². The Bertz CT molecular complexity index is 141. The first-order valence-corrected chi connectivity index (χ1v) is 6.96. The first-order chi connectivity index (χ1) is 7.27. The summed E-state index contributed by atoms with van der Waals surface area (Å²) >= 11 is 0. The standard InChI is InChI=1S/C14H29N/c1-14(15-2)12-10-8-6-4-3-5-7-9-11-13-14/h15H,3-13H2,1-2H3. The maximum atomic E-state index is 3.53. The molecule has 1 nitrogen and oxygen atoms in total. The average Bonchev–Trinajstić information content (AvgIpc) is 2.23. The van der Waals surface area contributed by atoms with Crippen molar-refractivity contribution in [3.8, 4) is 0 Å². The van der Waals surface area contributed by atoms with Crippen molar-refractivity contribution in [3.63, 3.8) is 0 Å². The maximum Gasteiger partial charge on any atom is 0.0150 e. The minimum absolute atomic E-state index is 0.416. The van der Waals surface area contributed by atoms with Crippen molar-refractivity contribution >= 4 is 0 Å². The quantitative estimate of drug-likeness (QED) is 0.683. The van der Waals surface area contributed by atoms with Gasteiger partial charge in [0.2, 0.25) is 0 Å². The molecular weight excluding hydrogens is 182 g/mol. The van der Waals surface area contributed by atoms with Gasteiger partial charge in [-0.05, 0) is 26.8 Å². The highest BCUT2D eigenvalue weighted by Crippen LogP contribution is 2.23. The fraction of sp³-hybridized carbons (Fsp3) is 1.00. The van der Waals surface area contributed by atoms with Gasteiger partial charge >= 0.3 is 0 Å². The highest BCUT2D eigenvalue weighted by molar-refractivity contribution is 4.81. The lowest BCUT2D eigenvalue weighted by Crippen LogP contribution is -2.39. The molecule has 0 aromatic rings. The normalized spacial score (nSPS) is 25.2. The summed E-state index contributed by atoms with van der Waals surface area (Å²) in [4.78, 5) is 0. The third-order valence-corrected chi connectivity index (χ3v) is 4.06. The molecule has 1 rings (SSSR count). The van der Waals surface area contributed by atoms with Crippen LogP contribution in [0.2, 0.25) is 0 Å². The second-order valence-electron chi connectivity index (χ2n) is 5.49. The van der Waals surface area contributed by atoms with Gasteiger partial charge in [0.05, 0.1) is 0 Å². The van der Waals surface area contributed by atoms with E-state index in [1.165, 1.54) is 70.6 Å². The van der Waals surface area contributed by atoms with Crippen LogP contribution in [-0.2, 0) is 0 Å². The average molecular weight is 211 g/mol. The lowest BCUT2D eigenvalue weighted by molar-refractivity contribution is 0.303. The van der Waals surface area contributed by atoms with Crippen LogP contribution in [0.25, 0.3) is 0 Å². The monoisotopic (exact) mass is 211 g/mol. The van der Waals surface area contributed by atoms with Crippen LogP contribution >= 0.6 is 0 Å². The van der Waals surface area contributed by atoms with Crippen molar-refractivity contribution in [2.24, 2.45) is 0 Å². The Hall–Kier alpha value is -0.0400. The molecule has 0 saturated heterocycles. The van der Waals surface area contributed by atoms with E-state index in [0.717, 1.165) is 0 Å². The molecule has 0 radical (unpaired) electrons. The van der Waals surface area contributed by atoms with E-state index in [1.54, 1.807) is 0 Å². The molecule has 1 saturated carbocycles. The van der Waals surface area contributed by atoms with E-state index in [9.17, 15) is 0 Å². The third-order valence-electron chi connectivity index (χ3n) is 4.06. The fourth-order valence-corrected chi connectivity index (χ4v) is 2.64. The van der Waals surface area contributed by atoms with Crippen molar-refractivity contribution in [3.05, 3.63) is 0 Å². The van der Waals surface area contributed by atoms with Crippen LogP contribution in [0.1, 0.15) is 77.6 Å². The smallest absolute Gasteiger partial charge is 0.0150 e. The first-order valence-electron chi connectivity index (χ1n) is 6.96. The van der Waals surface area contributed by atoms with Crippen molar-refractivity contribution in [1.29, 1.82) is 0 Å². The van der Waals surface area contributed by atoms with E-state index in [-0.39, 0.29) is 0 Å². The summed E-state index contributed by atoms with van der Waals surface area (Å²) in [6.45, 7) is 2.40. The van der Waals surface area contributed by atoms with Crippen LogP contribution in [0.4, 0.5) is 0 Å². The van der Waals surface area contributed by atoms with E-state index < -0.39 is 0 Å².